The fourth-order valence-corrected chi connectivity index (χ4v) is 6.72. The van der Waals surface area contributed by atoms with Gasteiger partial charge in [0.15, 0.2) is 6.10 Å². The molecule has 0 aromatic rings. The van der Waals surface area contributed by atoms with Crippen LogP contribution in [0.1, 0.15) is 247 Å². The molecule has 0 rings (SSSR count). The van der Waals surface area contributed by atoms with Crippen molar-refractivity contribution in [3.8, 4) is 0 Å². The topological polar surface area (TPSA) is 78.9 Å². The first-order valence-electron chi connectivity index (χ1n) is 22.8. The third kappa shape index (κ3) is 38.1. The van der Waals surface area contributed by atoms with Gasteiger partial charge in [0.2, 0.25) is 0 Å². The number of esters is 3. The Hall–Kier alpha value is -1.59. The van der Waals surface area contributed by atoms with E-state index in [1.807, 2.05) is 0 Å². The van der Waals surface area contributed by atoms with Crippen LogP contribution in [0.2, 0.25) is 0 Å². The summed E-state index contributed by atoms with van der Waals surface area (Å²) in [5.74, 6) is 0.781. The molecule has 0 aromatic heterocycles. The monoisotopic (exact) mass is 737 g/mol. The van der Waals surface area contributed by atoms with Crippen molar-refractivity contribution >= 4 is 17.9 Å². The van der Waals surface area contributed by atoms with Gasteiger partial charge in [0.1, 0.15) is 13.2 Å². The summed E-state index contributed by atoms with van der Waals surface area (Å²) in [4.78, 5) is 37.6. The largest absolute Gasteiger partial charge is 0.462 e. The predicted molar refractivity (Wildman–Crippen MR) is 220 cm³/mol. The Bertz CT molecular complexity index is 796. The third-order valence-corrected chi connectivity index (χ3v) is 10.6. The molecule has 6 heteroatoms. The Morgan fingerprint density at radius 3 is 1.10 bits per heavy atom. The predicted octanol–water partition coefficient (Wildman–Crippen LogP) is 14.2. The molecule has 308 valence electrons. The molecule has 0 aromatic carbocycles. The van der Waals surface area contributed by atoms with E-state index in [-0.39, 0.29) is 31.1 Å². The summed E-state index contributed by atoms with van der Waals surface area (Å²) < 4.78 is 16.7. The van der Waals surface area contributed by atoms with E-state index in [0.717, 1.165) is 69.6 Å². The van der Waals surface area contributed by atoms with Gasteiger partial charge in [-0.1, -0.05) is 208 Å². The molecule has 0 bridgehead atoms. The molecule has 0 saturated heterocycles. The lowest BCUT2D eigenvalue weighted by Crippen LogP contribution is -2.30. The maximum Gasteiger partial charge on any atom is 0.306 e. The van der Waals surface area contributed by atoms with Gasteiger partial charge in [0, 0.05) is 19.3 Å². The highest BCUT2D eigenvalue weighted by molar-refractivity contribution is 5.71. The average molecular weight is 737 g/mol. The van der Waals surface area contributed by atoms with E-state index in [1.54, 1.807) is 0 Å². The van der Waals surface area contributed by atoms with Gasteiger partial charge < -0.3 is 14.2 Å². The lowest BCUT2D eigenvalue weighted by atomic mass is 10.00. The van der Waals surface area contributed by atoms with Gasteiger partial charge in [0.05, 0.1) is 0 Å². The average Bonchev–Trinajstić information content (AvgIpc) is 3.12. The zero-order valence-electron chi connectivity index (χ0n) is 35.4. The number of carbonyl (C=O) groups is 3. The summed E-state index contributed by atoms with van der Waals surface area (Å²) in [5, 5.41) is 0. The van der Waals surface area contributed by atoms with Gasteiger partial charge in [-0.05, 0) is 31.1 Å². The van der Waals surface area contributed by atoms with Gasteiger partial charge in [-0.15, -0.1) is 0 Å². The normalized spacial score (nSPS) is 12.6. The molecular weight excluding hydrogens is 649 g/mol. The molecule has 0 saturated carbocycles. The van der Waals surface area contributed by atoms with Crippen molar-refractivity contribution in [3.05, 3.63) is 0 Å². The molecule has 52 heavy (non-hydrogen) atoms. The summed E-state index contributed by atoms with van der Waals surface area (Å²) >= 11 is 0. The zero-order chi connectivity index (χ0) is 38.3. The number of rotatable bonds is 40. The minimum Gasteiger partial charge on any atom is -0.462 e. The van der Waals surface area contributed by atoms with E-state index in [1.165, 1.54) is 135 Å². The second-order valence-corrected chi connectivity index (χ2v) is 16.4. The molecule has 0 radical (unpaired) electrons. The summed E-state index contributed by atoms with van der Waals surface area (Å²) in [6, 6.07) is 0. The molecule has 0 heterocycles. The first kappa shape index (κ1) is 50.4. The van der Waals surface area contributed by atoms with Gasteiger partial charge in [-0.3, -0.25) is 14.4 Å². The Morgan fingerprint density at radius 2 is 0.731 bits per heavy atom. The maximum atomic E-state index is 12.7. The Balaban J connectivity index is 4.29. The second kappa shape index (κ2) is 39.1. The summed E-state index contributed by atoms with van der Waals surface area (Å²) in [7, 11) is 0. The van der Waals surface area contributed by atoms with Crippen LogP contribution in [0.25, 0.3) is 0 Å². The van der Waals surface area contributed by atoms with Crippen molar-refractivity contribution in [1.82, 2.24) is 0 Å². The van der Waals surface area contributed by atoms with E-state index in [9.17, 15) is 14.4 Å². The summed E-state index contributed by atoms with van der Waals surface area (Å²) in [5.41, 5.74) is 0. The Labute approximate surface area is 323 Å². The Morgan fingerprint density at radius 1 is 0.404 bits per heavy atom. The molecule has 0 spiro atoms. The molecule has 0 aliphatic rings. The van der Waals surface area contributed by atoms with Crippen LogP contribution in [0, 0.1) is 11.8 Å². The van der Waals surface area contributed by atoms with Crippen LogP contribution in [-0.2, 0) is 28.6 Å². The summed E-state index contributed by atoms with van der Waals surface area (Å²) in [6.07, 6.45) is 36.6. The molecule has 2 atom stereocenters. The number of carbonyl (C=O) groups excluding carboxylic acids is 3. The molecule has 0 aliphatic carbocycles. The molecule has 1 unspecified atom stereocenters. The number of hydrogen-bond donors (Lipinski definition) is 0. The molecule has 6 nitrogen and oxygen atoms in total. The van der Waals surface area contributed by atoms with Crippen LogP contribution < -0.4 is 0 Å². The van der Waals surface area contributed by atoms with E-state index >= 15 is 0 Å². The molecular formula is C46H88O6. The van der Waals surface area contributed by atoms with Crippen molar-refractivity contribution in [2.24, 2.45) is 11.8 Å². The first-order chi connectivity index (χ1) is 25.3. The van der Waals surface area contributed by atoms with Crippen LogP contribution in [0.5, 0.6) is 0 Å². The minimum atomic E-state index is -0.760. The zero-order valence-corrected chi connectivity index (χ0v) is 35.4. The van der Waals surface area contributed by atoms with Crippen LogP contribution in [0.15, 0.2) is 0 Å². The van der Waals surface area contributed by atoms with E-state index in [2.05, 4.69) is 34.6 Å². The fourth-order valence-electron chi connectivity index (χ4n) is 6.72. The third-order valence-electron chi connectivity index (χ3n) is 10.6. The lowest BCUT2D eigenvalue weighted by molar-refractivity contribution is -0.167. The van der Waals surface area contributed by atoms with Gasteiger partial charge in [-0.25, -0.2) is 0 Å². The van der Waals surface area contributed by atoms with Crippen LogP contribution in [0.3, 0.4) is 0 Å². The van der Waals surface area contributed by atoms with Crippen molar-refractivity contribution in [2.75, 3.05) is 13.2 Å². The van der Waals surface area contributed by atoms with Gasteiger partial charge in [0.25, 0.3) is 0 Å². The SMILES string of the molecule is CCCCCCCCCCCC(=O)OC[C@@H](COC(=O)CCCCCCCCCCCCCCC(C)C)OC(=O)CCCCCCCCC(C)CC. The minimum absolute atomic E-state index is 0.0657. The molecule has 0 N–H and O–H groups in total. The van der Waals surface area contributed by atoms with E-state index < -0.39 is 6.10 Å². The van der Waals surface area contributed by atoms with E-state index in [0.29, 0.717) is 19.3 Å². The van der Waals surface area contributed by atoms with Gasteiger partial charge >= 0.3 is 17.9 Å². The highest BCUT2D eigenvalue weighted by Gasteiger charge is 2.19. The standard InChI is InChI=1S/C46H88O6/c1-6-8-9-10-11-16-20-26-31-36-44(47)50-39-43(52-46(49)38-33-28-23-22-25-30-35-42(5)7-2)40-51-45(48)37-32-27-21-18-15-13-12-14-17-19-24-29-34-41(3)4/h41-43H,6-40H2,1-5H3/t42?,43-/m0/s1. The van der Waals surface area contributed by atoms with Crippen molar-refractivity contribution < 1.29 is 28.6 Å². The van der Waals surface area contributed by atoms with Crippen molar-refractivity contribution in [3.63, 3.8) is 0 Å². The van der Waals surface area contributed by atoms with Crippen molar-refractivity contribution in [1.29, 1.82) is 0 Å². The number of unbranched alkanes of at least 4 members (excludes halogenated alkanes) is 24. The summed E-state index contributed by atoms with van der Waals surface area (Å²) in [6.45, 7) is 11.3. The van der Waals surface area contributed by atoms with E-state index in [4.69, 9.17) is 14.2 Å². The maximum absolute atomic E-state index is 12.7. The van der Waals surface area contributed by atoms with Crippen LogP contribution in [-0.4, -0.2) is 37.2 Å². The number of hydrogen-bond acceptors (Lipinski definition) is 6. The molecule has 0 aliphatic heterocycles. The Kier molecular flexibility index (Phi) is 37.9. The molecule has 0 fully saturated rings. The number of ether oxygens (including phenoxy) is 3. The van der Waals surface area contributed by atoms with Crippen LogP contribution >= 0.6 is 0 Å². The smallest absolute Gasteiger partial charge is 0.306 e. The van der Waals surface area contributed by atoms with Gasteiger partial charge in [-0.2, -0.15) is 0 Å². The fraction of sp³-hybridized carbons (Fsp3) is 0.935. The van der Waals surface area contributed by atoms with Crippen molar-refractivity contribution in [2.45, 2.75) is 253 Å². The van der Waals surface area contributed by atoms with Crippen LogP contribution in [0.4, 0.5) is 0 Å². The molecule has 0 amide bonds. The quantitative estimate of drug-likeness (QED) is 0.0354. The second-order valence-electron chi connectivity index (χ2n) is 16.4. The first-order valence-corrected chi connectivity index (χ1v) is 22.8. The lowest BCUT2D eigenvalue weighted by Gasteiger charge is -2.18. The highest BCUT2D eigenvalue weighted by Crippen LogP contribution is 2.17. The highest BCUT2D eigenvalue weighted by atomic mass is 16.6.